The van der Waals surface area contributed by atoms with E-state index in [1.54, 1.807) is 12.3 Å². The topological polar surface area (TPSA) is 64.5 Å². The summed E-state index contributed by atoms with van der Waals surface area (Å²) in [5.74, 6) is 0.815. The molecule has 2 unspecified atom stereocenters. The van der Waals surface area contributed by atoms with Gasteiger partial charge in [-0.2, -0.15) is 0 Å². The number of aromatic nitrogens is 2. The summed E-state index contributed by atoms with van der Waals surface area (Å²) in [6, 6.07) is 1.74. The van der Waals surface area contributed by atoms with Crippen molar-refractivity contribution in [1.29, 1.82) is 0 Å². The molecule has 1 amide bonds. The Bertz CT molecular complexity index is 448. The minimum absolute atomic E-state index is 0.0184. The third kappa shape index (κ3) is 3.07. The molecule has 1 aromatic rings. The molecule has 108 valence electrons. The van der Waals surface area contributed by atoms with Crippen molar-refractivity contribution >= 4 is 5.91 Å². The average molecular weight is 277 g/mol. The van der Waals surface area contributed by atoms with Crippen molar-refractivity contribution in [3.05, 3.63) is 18.6 Å². The number of hydrogen-bond donors (Lipinski definition) is 0. The van der Waals surface area contributed by atoms with E-state index in [-0.39, 0.29) is 17.9 Å². The molecule has 0 N–H and O–H groups in total. The summed E-state index contributed by atoms with van der Waals surface area (Å²) < 4.78 is 11.1. The fourth-order valence-corrected chi connectivity index (χ4v) is 2.74. The molecule has 3 heterocycles. The van der Waals surface area contributed by atoms with Gasteiger partial charge in [-0.3, -0.25) is 4.79 Å². The Morgan fingerprint density at radius 1 is 1.45 bits per heavy atom. The number of hydrogen-bond acceptors (Lipinski definition) is 5. The lowest BCUT2D eigenvalue weighted by molar-refractivity contribution is -0.138. The van der Waals surface area contributed by atoms with Crippen molar-refractivity contribution in [2.75, 3.05) is 26.3 Å². The first kappa shape index (κ1) is 13.3. The molecule has 2 fully saturated rings. The zero-order valence-corrected chi connectivity index (χ0v) is 11.4. The standard InChI is InChI=1S/C14H19N3O3/c18-14(11-4-7-19-9-11)17-6-1-2-12(8-17)20-13-3-5-15-10-16-13/h3,5,10-12H,1-2,4,6-9H2. The summed E-state index contributed by atoms with van der Waals surface area (Å²) in [4.78, 5) is 22.2. The average Bonchev–Trinajstić information content (AvgIpc) is 3.02. The van der Waals surface area contributed by atoms with E-state index in [4.69, 9.17) is 9.47 Å². The number of ether oxygens (including phenoxy) is 2. The van der Waals surface area contributed by atoms with Crippen LogP contribution in [0.5, 0.6) is 5.88 Å². The molecule has 3 rings (SSSR count). The van der Waals surface area contributed by atoms with Crippen LogP contribution in [-0.2, 0) is 9.53 Å². The second-order valence-electron chi connectivity index (χ2n) is 5.27. The third-order valence-electron chi connectivity index (χ3n) is 3.81. The largest absolute Gasteiger partial charge is 0.472 e. The van der Waals surface area contributed by atoms with Crippen LogP contribution >= 0.6 is 0 Å². The number of nitrogens with zero attached hydrogens (tertiary/aromatic N) is 3. The minimum Gasteiger partial charge on any atom is -0.472 e. The van der Waals surface area contributed by atoms with E-state index in [1.165, 1.54) is 6.33 Å². The Kier molecular flexibility index (Phi) is 4.11. The lowest BCUT2D eigenvalue weighted by atomic mass is 10.0. The molecule has 1 aromatic heterocycles. The van der Waals surface area contributed by atoms with E-state index in [2.05, 4.69) is 9.97 Å². The summed E-state index contributed by atoms with van der Waals surface area (Å²) in [5, 5.41) is 0. The van der Waals surface area contributed by atoms with Crippen LogP contribution in [0.2, 0.25) is 0 Å². The van der Waals surface area contributed by atoms with Crippen molar-refractivity contribution in [3.8, 4) is 5.88 Å². The van der Waals surface area contributed by atoms with Crippen molar-refractivity contribution < 1.29 is 14.3 Å². The Hall–Kier alpha value is -1.69. The van der Waals surface area contributed by atoms with Gasteiger partial charge in [-0.1, -0.05) is 0 Å². The highest BCUT2D eigenvalue weighted by Crippen LogP contribution is 2.21. The maximum Gasteiger partial charge on any atom is 0.228 e. The lowest BCUT2D eigenvalue weighted by Gasteiger charge is -2.33. The van der Waals surface area contributed by atoms with Gasteiger partial charge in [0.25, 0.3) is 0 Å². The van der Waals surface area contributed by atoms with Crippen LogP contribution in [0.3, 0.4) is 0 Å². The van der Waals surface area contributed by atoms with Crippen LogP contribution in [0.1, 0.15) is 19.3 Å². The summed E-state index contributed by atoms with van der Waals surface area (Å²) in [7, 11) is 0. The van der Waals surface area contributed by atoms with Gasteiger partial charge in [0.05, 0.1) is 19.1 Å². The van der Waals surface area contributed by atoms with E-state index in [0.29, 0.717) is 25.6 Å². The first-order valence-corrected chi connectivity index (χ1v) is 7.12. The third-order valence-corrected chi connectivity index (χ3v) is 3.81. The zero-order valence-electron chi connectivity index (χ0n) is 11.4. The van der Waals surface area contributed by atoms with E-state index in [1.807, 2.05) is 4.90 Å². The smallest absolute Gasteiger partial charge is 0.228 e. The predicted molar refractivity (Wildman–Crippen MR) is 71.2 cm³/mol. The molecule has 6 heteroatoms. The molecule has 0 spiro atoms. The van der Waals surface area contributed by atoms with Gasteiger partial charge in [-0.05, 0) is 19.3 Å². The highest BCUT2D eigenvalue weighted by atomic mass is 16.5. The van der Waals surface area contributed by atoms with E-state index in [9.17, 15) is 4.79 Å². The monoisotopic (exact) mass is 277 g/mol. The van der Waals surface area contributed by atoms with Gasteiger partial charge in [-0.25, -0.2) is 9.97 Å². The molecule has 20 heavy (non-hydrogen) atoms. The molecular weight excluding hydrogens is 258 g/mol. The molecule has 2 saturated heterocycles. The van der Waals surface area contributed by atoms with Crippen LogP contribution in [0.4, 0.5) is 0 Å². The van der Waals surface area contributed by atoms with E-state index in [0.717, 1.165) is 25.8 Å². The maximum absolute atomic E-state index is 12.4. The maximum atomic E-state index is 12.4. The molecule has 0 aliphatic carbocycles. The first-order chi connectivity index (χ1) is 9.83. The van der Waals surface area contributed by atoms with Gasteiger partial charge < -0.3 is 14.4 Å². The normalized spacial score (nSPS) is 26.5. The Morgan fingerprint density at radius 3 is 3.15 bits per heavy atom. The number of carbonyl (C=O) groups is 1. The fourth-order valence-electron chi connectivity index (χ4n) is 2.74. The fraction of sp³-hybridized carbons (Fsp3) is 0.643. The molecule has 2 atom stereocenters. The zero-order chi connectivity index (χ0) is 13.8. The quantitative estimate of drug-likeness (QED) is 0.820. The Morgan fingerprint density at radius 2 is 2.40 bits per heavy atom. The molecule has 0 saturated carbocycles. The van der Waals surface area contributed by atoms with Crippen molar-refractivity contribution in [3.63, 3.8) is 0 Å². The molecule has 2 aliphatic rings. The second kappa shape index (κ2) is 6.17. The van der Waals surface area contributed by atoms with Gasteiger partial charge in [0.1, 0.15) is 12.4 Å². The number of carbonyl (C=O) groups excluding carboxylic acids is 1. The first-order valence-electron chi connectivity index (χ1n) is 7.12. The van der Waals surface area contributed by atoms with Gasteiger partial charge >= 0.3 is 0 Å². The van der Waals surface area contributed by atoms with Crippen LogP contribution in [-0.4, -0.2) is 53.2 Å². The van der Waals surface area contributed by atoms with E-state index >= 15 is 0 Å². The summed E-state index contributed by atoms with van der Waals surface area (Å²) in [5.41, 5.74) is 0. The SMILES string of the molecule is O=C(C1CCOC1)N1CCCC(Oc2ccncn2)C1. The summed E-state index contributed by atoms with van der Waals surface area (Å²) in [6.45, 7) is 2.72. The number of likely N-dealkylation sites (tertiary alicyclic amines) is 1. The number of piperidine rings is 1. The second-order valence-corrected chi connectivity index (χ2v) is 5.27. The van der Waals surface area contributed by atoms with Crippen LogP contribution in [0, 0.1) is 5.92 Å². The Balaban J connectivity index is 1.57. The highest BCUT2D eigenvalue weighted by Gasteiger charge is 2.31. The highest BCUT2D eigenvalue weighted by molar-refractivity contribution is 5.79. The van der Waals surface area contributed by atoms with Gasteiger partial charge in [-0.15, -0.1) is 0 Å². The van der Waals surface area contributed by atoms with E-state index < -0.39 is 0 Å². The minimum atomic E-state index is 0.0184. The van der Waals surface area contributed by atoms with Gasteiger partial charge in [0.15, 0.2) is 0 Å². The van der Waals surface area contributed by atoms with Crippen LogP contribution in [0.15, 0.2) is 18.6 Å². The van der Waals surface area contributed by atoms with Crippen molar-refractivity contribution in [1.82, 2.24) is 14.9 Å². The van der Waals surface area contributed by atoms with Gasteiger partial charge in [0, 0.05) is 25.4 Å². The molecule has 0 bridgehead atoms. The van der Waals surface area contributed by atoms with Crippen molar-refractivity contribution in [2.45, 2.75) is 25.4 Å². The lowest BCUT2D eigenvalue weighted by Crippen LogP contribution is -2.46. The predicted octanol–water partition coefficient (Wildman–Crippen LogP) is 0.883. The number of amides is 1. The molecule has 0 radical (unpaired) electrons. The van der Waals surface area contributed by atoms with Gasteiger partial charge in [0.2, 0.25) is 11.8 Å². The molecular formula is C14H19N3O3. The summed E-state index contributed by atoms with van der Waals surface area (Å²) >= 11 is 0. The van der Waals surface area contributed by atoms with Crippen LogP contribution in [0.25, 0.3) is 0 Å². The molecule has 6 nitrogen and oxygen atoms in total. The van der Waals surface area contributed by atoms with Crippen LogP contribution < -0.4 is 4.74 Å². The summed E-state index contributed by atoms with van der Waals surface area (Å²) in [6.07, 6.45) is 5.91. The molecule has 2 aliphatic heterocycles. The van der Waals surface area contributed by atoms with Crippen molar-refractivity contribution in [2.24, 2.45) is 5.92 Å². The molecule has 0 aromatic carbocycles. The Labute approximate surface area is 118 Å². The number of rotatable bonds is 3.